The number of nitrogens with zero attached hydrogens (tertiary/aromatic N) is 4. The van der Waals surface area contributed by atoms with E-state index in [-0.39, 0.29) is 17.4 Å². The molecule has 2 aliphatic heterocycles. The number of piperidine rings is 1. The third-order valence-corrected chi connectivity index (χ3v) is 5.17. The Kier molecular flexibility index (Phi) is 4.34. The molecule has 6 heteroatoms. The number of hydrogen-bond acceptors (Lipinski definition) is 4. The molecule has 1 fully saturated rings. The molecule has 0 bridgehead atoms. The number of fused-ring (bicyclic) bond motifs is 1. The lowest BCUT2D eigenvalue weighted by Gasteiger charge is -2.34. The molecule has 1 saturated heterocycles. The second-order valence-corrected chi connectivity index (χ2v) is 6.87. The molecule has 130 valence electrons. The van der Waals surface area contributed by atoms with Crippen LogP contribution in [0.5, 0.6) is 0 Å². The Morgan fingerprint density at radius 1 is 1.24 bits per heavy atom. The van der Waals surface area contributed by atoms with Crippen molar-refractivity contribution in [1.82, 2.24) is 19.4 Å². The maximum Gasteiger partial charge on any atom is 0.273 e. The van der Waals surface area contributed by atoms with Gasteiger partial charge in [0.1, 0.15) is 5.82 Å². The lowest BCUT2D eigenvalue weighted by atomic mass is 9.93. The van der Waals surface area contributed by atoms with Gasteiger partial charge in [0.2, 0.25) is 5.91 Å². The minimum Gasteiger partial charge on any atom is -0.342 e. The summed E-state index contributed by atoms with van der Waals surface area (Å²) < 4.78 is 2.19. The summed E-state index contributed by atoms with van der Waals surface area (Å²) in [6.45, 7) is 2.38. The summed E-state index contributed by atoms with van der Waals surface area (Å²) in [6, 6.07) is 7.31. The molecule has 1 atom stereocenters. The van der Waals surface area contributed by atoms with Crippen molar-refractivity contribution < 1.29 is 4.79 Å². The Balaban J connectivity index is 1.52. The van der Waals surface area contributed by atoms with Crippen molar-refractivity contribution in [2.45, 2.75) is 44.6 Å². The highest BCUT2D eigenvalue weighted by Crippen LogP contribution is 2.28. The van der Waals surface area contributed by atoms with Crippen LogP contribution in [0.1, 0.15) is 42.4 Å². The van der Waals surface area contributed by atoms with Gasteiger partial charge in [-0.3, -0.25) is 14.6 Å². The number of aromatic nitrogens is 3. The second kappa shape index (κ2) is 6.78. The first-order valence-corrected chi connectivity index (χ1v) is 8.99. The minimum atomic E-state index is -0.153. The summed E-state index contributed by atoms with van der Waals surface area (Å²) in [7, 11) is 0. The smallest absolute Gasteiger partial charge is 0.273 e. The van der Waals surface area contributed by atoms with Crippen molar-refractivity contribution in [2.75, 3.05) is 13.1 Å². The maximum atomic E-state index is 12.7. The van der Waals surface area contributed by atoms with Crippen LogP contribution in [-0.4, -0.2) is 38.4 Å². The number of rotatable bonds is 3. The van der Waals surface area contributed by atoms with Gasteiger partial charge in [0, 0.05) is 55.6 Å². The Labute approximate surface area is 146 Å². The topological polar surface area (TPSA) is 68.1 Å². The summed E-state index contributed by atoms with van der Waals surface area (Å²) in [5, 5.41) is 0. The molecule has 2 aliphatic rings. The largest absolute Gasteiger partial charge is 0.342 e. The average molecular weight is 338 g/mol. The van der Waals surface area contributed by atoms with Crippen LogP contribution in [-0.2, 0) is 24.2 Å². The Morgan fingerprint density at radius 2 is 2.16 bits per heavy atom. The van der Waals surface area contributed by atoms with E-state index >= 15 is 0 Å². The zero-order valence-corrected chi connectivity index (χ0v) is 14.2. The van der Waals surface area contributed by atoms with Gasteiger partial charge in [0.15, 0.2) is 0 Å². The van der Waals surface area contributed by atoms with E-state index in [4.69, 9.17) is 0 Å². The molecule has 0 aliphatic carbocycles. The van der Waals surface area contributed by atoms with Gasteiger partial charge in [-0.15, -0.1) is 0 Å². The van der Waals surface area contributed by atoms with E-state index in [1.165, 1.54) is 0 Å². The van der Waals surface area contributed by atoms with Crippen LogP contribution in [0.2, 0.25) is 0 Å². The van der Waals surface area contributed by atoms with E-state index in [0.717, 1.165) is 56.0 Å². The lowest BCUT2D eigenvalue weighted by molar-refractivity contribution is -0.131. The van der Waals surface area contributed by atoms with E-state index in [2.05, 4.69) is 14.5 Å². The van der Waals surface area contributed by atoms with Crippen LogP contribution in [0.15, 0.2) is 35.3 Å². The highest BCUT2D eigenvalue weighted by molar-refractivity contribution is 5.78. The van der Waals surface area contributed by atoms with Gasteiger partial charge < -0.3 is 9.47 Å². The Bertz CT molecular complexity index is 831. The number of amides is 1. The zero-order valence-electron chi connectivity index (χ0n) is 14.2. The van der Waals surface area contributed by atoms with Crippen LogP contribution >= 0.6 is 0 Å². The average Bonchev–Trinajstić information content (AvgIpc) is 3.10. The van der Waals surface area contributed by atoms with Crippen LogP contribution in [0.3, 0.4) is 0 Å². The molecular formula is C19H22N4O2. The van der Waals surface area contributed by atoms with E-state index in [0.29, 0.717) is 13.0 Å². The number of carbonyl (C=O) groups is 1. The predicted octanol–water partition coefficient (Wildman–Crippen LogP) is 1.53. The number of hydrogen-bond donors (Lipinski definition) is 0. The van der Waals surface area contributed by atoms with Gasteiger partial charge in [-0.05, 0) is 31.4 Å². The zero-order chi connectivity index (χ0) is 17.2. The molecule has 1 unspecified atom stereocenters. The number of likely N-dealkylation sites (tertiary alicyclic amines) is 1. The summed E-state index contributed by atoms with van der Waals surface area (Å²) in [5.41, 5.74) is 1.71. The van der Waals surface area contributed by atoms with Crippen molar-refractivity contribution in [1.29, 1.82) is 0 Å². The molecule has 0 N–H and O–H groups in total. The third kappa shape index (κ3) is 3.34. The monoisotopic (exact) mass is 338 g/mol. The van der Waals surface area contributed by atoms with E-state index in [1.54, 1.807) is 12.3 Å². The van der Waals surface area contributed by atoms with Crippen molar-refractivity contribution in [3.8, 4) is 0 Å². The van der Waals surface area contributed by atoms with Crippen LogP contribution in [0, 0.1) is 0 Å². The standard InChI is InChI=1S/C19H22N4O2/c24-18-12-16(23-10-4-7-17(23)21-18)14-5-3-9-22(13-14)19(25)11-15-6-1-2-8-20-15/h1-2,6,8,12,14H,3-5,7,9-11,13H2. The van der Waals surface area contributed by atoms with Gasteiger partial charge in [0.25, 0.3) is 5.56 Å². The molecule has 0 saturated carbocycles. The van der Waals surface area contributed by atoms with Gasteiger partial charge in [0.05, 0.1) is 6.42 Å². The van der Waals surface area contributed by atoms with Crippen molar-refractivity contribution >= 4 is 5.91 Å². The molecule has 0 aromatic carbocycles. The molecule has 2 aromatic heterocycles. The van der Waals surface area contributed by atoms with Crippen LogP contribution in [0.25, 0.3) is 0 Å². The third-order valence-electron chi connectivity index (χ3n) is 5.17. The van der Waals surface area contributed by atoms with Crippen molar-refractivity contribution in [3.05, 3.63) is 58.0 Å². The predicted molar refractivity (Wildman–Crippen MR) is 93.3 cm³/mol. The number of aryl methyl sites for hydroxylation is 1. The SMILES string of the molecule is O=C(Cc1ccccn1)N1CCCC(c2cc(=O)nc3n2CCC3)C1. The van der Waals surface area contributed by atoms with Crippen molar-refractivity contribution in [2.24, 2.45) is 0 Å². The summed E-state index contributed by atoms with van der Waals surface area (Å²) in [6.07, 6.45) is 5.94. The molecule has 25 heavy (non-hydrogen) atoms. The molecule has 2 aromatic rings. The second-order valence-electron chi connectivity index (χ2n) is 6.87. The number of pyridine rings is 1. The fourth-order valence-electron chi connectivity index (χ4n) is 3.97. The molecule has 6 nitrogen and oxygen atoms in total. The van der Waals surface area contributed by atoms with E-state index < -0.39 is 0 Å². The van der Waals surface area contributed by atoms with Gasteiger partial charge in [-0.25, -0.2) is 0 Å². The molecule has 4 heterocycles. The molecule has 0 spiro atoms. The van der Waals surface area contributed by atoms with Gasteiger partial charge in [-0.2, -0.15) is 4.98 Å². The lowest BCUT2D eigenvalue weighted by Crippen LogP contribution is -2.41. The Hall–Kier alpha value is -2.50. The van der Waals surface area contributed by atoms with E-state index in [9.17, 15) is 9.59 Å². The fourth-order valence-corrected chi connectivity index (χ4v) is 3.97. The first-order valence-electron chi connectivity index (χ1n) is 8.99. The quantitative estimate of drug-likeness (QED) is 0.851. The van der Waals surface area contributed by atoms with Crippen molar-refractivity contribution in [3.63, 3.8) is 0 Å². The minimum absolute atomic E-state index is 0.112. The normalized spacial score (nSPS) is 19.7. The first kappa shape index (κ1) is 16.0. The van der Waals surface area contributed by atoms with Gasteiger partial charge in [-0.1, -0.05) is 6.07 Å². The molecular weight excluding hydrogens is 316 g/mol. The molecule has 0 radical (unpaired) electrons. The van der Waals surface area contributed by atoms with E-state index in [1.807, 2.05) is 23.1 Å². The summed E-state index contributed by atoms with van der Waals surface area (Å²) in [4.78, 5) is 34.9. The highest BCUT2D eigenvalue weighted by atomic mass is 16.2. The number of carbonyl (C=O) groups excluding carboxylic acids is 1. The maximum absolute atomic E-state index is 12.7. The molecule has 1 amide bonds. The van der Waals surface area contributed by atoms with Crippen LogP contribution in [0.4, 0.5) is 0 Å². The van der Waals surface area contributed by atoms with Gasteiger partial charge >= 0.3 is 0 Å². The Morgan fingerprint density at radius 3 is 3.00 bits per heavy atom. The highest BCUT2D eigenvalue weighted by Gasteiger charge is 2.28. The summed E-state index contributed by atoms with van der Waals surface area (Å²) >= 11 is 0. The fraction of sp³-hybridized carbons (Fsp3) is 0.474. The molecule has 4 rings (SSSR count). The van der Waals surface area contributed by atoms with Crippen LogP contribution < -0.4 is 5.56 Å². The summed E-state index contributed by atoms with van der Waals surface area (Å²) in [5.74, 6) is 1.23. The first-order chi connectivity index (χ1) is 12.2.